The first-order valence-electron chi connectivity index (χ1n) is 11.4. The Hall–Kier alpha value is -4.98. The van der Waals surface area contributed by atoms with Crippen LogP contribution in [0.15, 0.2) is 102 Å². The minimum atomic E-state index is -0.379. The van der Waals surface area contributed by atoms with E-state index in [9.17, 15) is 9.59 Å². The van der Waals surface area contributed by atoms with Crippen molar-refractivity contribution in [2.75, 3.05) is 5.32 Å². The fraction of sp³-hybridized carbons (Fsp3) is 0.0714. The molecule has 0 fully saturated rings. The summed E-state index contributed by atoms with van der Waals surface area (Å²) >= 11 is 0. The summed E-state index contributed by atoms with van der Waals surface area (Å²) in [6, 6.07) is 22.0. The first kappa shape index (κ1) is 22.8. The van der Waals surface area contributed by atoms with Crippen LogP contribution in [0.4, 0.5) is 5.69 Å². The first-order chi connectivity index (χ1) is 17.6. The van der Waals surface area contributed by atoms with E-state index in [-0.39, 0.29) is 24.1 Å². The number of aryl methyl sites for hydroxylation is 1. The fourth-order valence-corrected chi connectivity index (χ4v) is 3.77. The van der Waals surface area contributed by atoms with Gasteiger partial charge in [0.25, 0.3) is 11.8 Å². The second-order valence-electron chi connectivity index (χ2n) is 8.16. The molecule has 0 saturated carbocycles. The molecule has 5 aromatic rings. The van der Waals surface area contributed by atoms with Crippen molar-refractivity contribution in [2.45, 2.75) is 13.5 Å². The molecule has 0 aliphatic carbocycles. The van der Waals surface area contributed by atoms with Crippen molar-refractivity contribution in [2.24, 2.45) is 0 Å². The highest BCUT2D eigenvalue weighted by Crippen LogP contribution is 2.24. The predicted molar refractivity (Wildman–Crippen MR) is 136 cm³/mol. The Balaban J connectivity index is 1.36. The lowest BCUT2D eigenvalue weighted by molar-refractivity contribution is 0.0949. The van der Waals surface area contributed by atoms with Gasteiger partial charge >= 0.3 is 0 Å². The Kier molecular flexibility index (Phi) is 6.40. The average Bonchev–Trinajstić information content (AvgIpc) is 3.60. The van der Waals surface area contributed by atoms with Crippen LogP contribution in [0, 0.1) is 6.92 Å². The van der Waals surface area contributed by atoms with Crippen LogP contribution in [0.3, 0.4) is 0 Å². The third-order valence-corrected chi connectivity index (χ3v) is 5.70. The first-order valence-corrected chi connectivity index (χ1v) is 11.4. The van der Waals surface area contributed by atoms with E-state index in [1.807, 2.05) is 55.6 Å². The Bertz CT molecular complexity index is 1490. The van der Waals surface area contributed by atoms with E-state index in [1.165, 1.54) is 6.26 Å². The molecule has 178 valence electrons. The van der Waals surface area contributed by atoms with Crippen molar-refractivity contribution in [1.29, 1.82) is 0 Å². The van der Waals surface area contributed by atoms with Crippen molar-refractivity contribution in [3.63, 3.8) is 0 Å². The fourth-order valence-electron chi connectivity index (χ4n) is 3.77. The number of carbonyl (C=O) groups is 2. The van der Waals surface area contributed by atoms with Gasteiger partial charge in [-0.1, -0.05) is 24.3 Å². The maximum Gasteiger partial charge on any atom is 0.291 e. The molecule has 36 heavy (non-hydrogen) atoms. The van der Waals surface area contributed by atoms with Gasteiger partial charge in [-0.3, -0.25) is 14.6 Å². The molecule has 0 aliphatic heterocycles. The van der Waals surface area contributed by atoms with Gasteiger partial charge in [0.2, 0.25) is 0 Å². The van der Waals surface area contributed by atoms with Crippen LogP contribution in [0.5, 0.6) is 0 Å². The van der Waals surface area contributed by atoms with Gasteiger partial charge in [-0.25, -0.2) is 4.68 Å². The summed E-state index contributed by atoms with van der Waals surface area (Å²) in [6.45, 7) is 2.13. The lowest BCUT2D eigenvalue weighted by atomic mass is 10.1. The zero-order valence-corrected chi connectivity index (χ0v) is 19.5. The van der Waals surface area contributed by atoms with Crippen molar-refractivity contribution < 1.29 is 14.0 Å². The standard InChI is InChI=1S/C28H23N5O3/c1-19-9-10-21(16-24(19)31-28(35)25-8-5-15-36-25)27(34)30-17-22-18-33(23-6-3-2-4-7-23)32-26(22)20-11-13-29-14-12-20/h2-16,18H,17H2,1H3,(H,30,34)(H,31,35). The highest BCUT2D eigenvalue weighted by molar-refractivity contribution is 6.04. The molecule has 8 nitrogen and oxygen atoms in total. The van der Waals surface area contributed by atoms with Crippen LogP contribution in [0.2, 0.25) is 0 Å². The number of amides is 2. The molecular weight excluding hydrogens is 454 g/mol. The average molecular weight is 478 g/mol. The number of hydrogen-bond donors (Lipinski definition) is 2. The molecular formula is C28H23N5O3. The van der Waals surface area contributed by atoms with Crippen molar-refractivity contribution in [3.05, 3.63) is 120 Å². The summed E-state index contributed by atoms with van der Waals surface area (Å²) in [5.74, 6) is -0.448. The number of benzene rings is 2. The smallest absolute Gasteiger partial charge is 0.291 e. The van der Waals surface area contributed by atoms with E-state index in [1.54, 1.807) is 47.4 Å². The second-order valence-corrected chi connectivity index (χ2v) is 8.16. The van der Waals surface area contributed by atoms with Crippen LogP contribution in [0.25, 0.3) is 16.9 Å². The maximum atomic E-state index is 13.0. The molecule has 2 aromatic carbocycles. The van der Waals surface area contributed by atoms with Crippen LogP contribution < -0.4 is 10.6 Å². The number of anilines is 1. The van der Waals surface area contributed by atoms with E-state index in [4.69, 9.17) is 9.52 Å². The molecule has 3 heterocycles. The summed E-state index contributed by atoms with van der Waals surface area (Å²) in [5.41, 5.74) is 5.24. The molecule has 3 aromatic heterocycles. The molecule has 2 N–H and O–H groups in total. The summed E-state index contributed by atoms with van der Waals surface area (Å²) in [6.07, 6.45) is 6.77. The summed E-state index contributed by atoms with van der Waals surface area (Å²) in [7, 11) is 0. The highest BCUT2D eigenvalue weighted by atomic mass is 16.3. The Labute approximate surface area is 207 Å². The lowest BCUT2D eigenvalue weighted by Gasteiger charge is -2.10. The van der Waals surface area contributed by atoms with E-state index in [0.717, 1.165) is 28.1 Å². The van der Waals surface area contributed by atoms with Crippen LogP contribution in [-0.2, 0) is 6.54 Å². The molecule has 0 atom stereocenters. The molecule has 2 amide bonds. The van der Waals surface area contributed by atoms with Crippen LogP contribution in [0.1, 0.15) is 32.0 Å². The number of aromatic nitrogens is 3. The predicted octanol–water partition coefficient (Wildman–Crippen LogP) is 5.02. The summed E-state index contributed by atoms with van der Waals surface area (Å²) in [5, 5.41) is 10.5. The van der Waals surface area contributed by atoms with Crippen molar-refractivity contribution in [3.8, 4) is 16.9 Å². The van der Waals surface area contributed by atoms with Gasteiger partial charge in [0, 0.05) is 47.5 Å². The van der Waals surface area contributed by atoms with Crippen molar-refractivity contribution in [1.82, 2.24) is 20.1 Å². The van der Waals surface area contributed by atoms with E-state index in [2.05, 4.69) is 15.6 Å². The molecule has 5 rings (SSSR count). The Morgan fingerprint density at radius 1 is 0.944 bits per heavy atom. The highest BCUT2D eigenvalue weighted by Gasteiger charge is 2.16. The number of pyridine rings is 1. The molecule has 0 spiro atoms. The van der Waals surface area contributed by atoms with Gasteiger partial charge < -0.3 is 15.1 Å². The lowest BCUT2D eigenvalue weighted by Crippen LogP contribution is -2.23. The minimum Gasteiger partial charge on any atom is -0.459 e. The van der Waals surface area contributed by atoms with Gasteiger partial charge in [0.15, 0.2) is 5.76 Å². The molecule has 8 heteroatoms. The number of nitrogens with one attached hydrogen (secondary N) is 2. The van der Waals surface area contributed by atoms with Gasteiger partial charge in [-0.15, -0.1) is 0 Å². The van der Waals surface area contributed by atoms with Crippen LogP contribution >= 0.6 is 0 Å². The van der Waals surface area contributed by atoms with Crippen LogP contribution in [-0.4, -0.2) is 26.6 Å². The SMILES string of the molecule is Cc1ccc(C(=O)NCc2cn(-c3ccccc3)nc2-c2ccncc2)cc1NC(=O)c1ccco1. The zero-order valence-electron chi connectivity index (χ0n) is 19.5. The van der Waals surface area contributed by atoms with Gasteiger partial charge in [-0.2, -0.15) is 5.10 Å². The quantitative estimate of drug-likeness (QED) is 0.343. The normalized spacial score (nSPS) is 10.7. The number of rotatable bonds is 7. The van der Waals surface area contributed by atoms with Gasteiger partial charge in [-0.05, 0) is 61.0 Å². The topological polar surface area (TPSA) is 102 Å². The van der Waals surface area contributed by atoms with E-state index >= 15 is 0 Å². The molecule has 0 radical (unpaired) electrons. The van der Waals surface area contributed by atoms with Crippen molar-refractivity contribution >= 4 is 17.5 Å². The molecule has 0 unspecified atom stereocenters. The molecule has 0 bridgehead atoms. The maximum absolute atomic E-state index is 13.0. The molecule has 0 saturated heterocycles. The summed E-state index contributed by atoms with van der Waals surface area (Å²) in [4.78, 5) is 29.5. The molecule has 0 aliphatic rings. The third kappa shape index (κ3) is 4.92. The number of nitrogens with zero attached hydrogens (tertiary/aromatic N) is 3. The Morgan fingerprint density at radius 2 is 1.75 bits per heavy atom. The number of hydrogen-bond acceptors (Lipinski definition) is 5. The third-order valence-electron chi connectivity index (χ3n) is 5.70. The number of carbonyl (C=O) groups excluding carboxylic acids is 2. The number of para-hydroxylation sites is 1. The summed E-state index contributed by atoms with van der Waals surface area (Å²) < 4.78 is 6.95. The Morgan fingerprint density at radius 3 is 2.50 bits per heavy atom. The van der Waals surface area contributed by atoms with Gasteiger partial charge in [0.1, 0.15) is 0 Å². The second kappa shape index (κ2) is 10.1. The van der Waals surface area contributed by atoms with E-state index < -0.39 is 0 Å². The minimum absolute atomic E-state index is 0.198. The monoisotopic (exact) mass is 477 g/mol. The largest absolute Gasteiger partial charge is 0.459 e. The van der Waals surface area contributed by atoms with Gasteiger partial charge in [0.05, 0.1) is 17.6 Å². The zero-order chi connectivity index (χ0) is 24.9. The van der Waals surface area contributed by atoms with E-state index in [0.29, 0.717) is 11.3 Å². The number of furan rings is 1.